The summed E-state index contributed by atoms with van der Waals surface area (Å²) in [4.78, 5) is 50.7. The average Bonchev–Trinajstić information content (AvgIpc) is 3.14. The quantitative estimate of drug-likeness (QED) is 0.0346. The average molecular weight is 767 g/mol. The van der Waals surface area contributed by atoms with Gasteiger partial charge in [-0.05, 0) is 65.2 Å². The second-order valence-corrected chi connectivity index (χ2v) is 16.3. The van der Waals surface area contributed by atoms with E-state index in [9.17, 15) is 19.2 Å². The highest BCUT2D eigenvalue weighted by atomic mass is 16.6. The van der Waals surface area contributed by atoms with Gasteiger partial charge in [0.2, 0.25) is 0 Å². The molecule has 0 spiro atoms. The lowest BCUT2D eigenvalue weighted by Gasteiger charge is -2.24. The van der Waals surface area contributed by atoms with E-state index in [0.717, 1.165) is 64.2 Å². The van der Waals surface area contributed by atoms with E-state index < -0.39 is 5.60 Å². The van der Waals surface area contributed by atoms with Crippen molar-refractivity contribution in [3.63, 3.8) is 0 Å². The molecule has 8 nitrogen and oxygen atoms in total. The summed E-state index contributed by atoms with van der Waals surface area (Å²) in [5.74, 6) is -0.950. The van der Waals surface area contributed by atoms with Gasteiger partial charge in [-0.1, -0.05) is 156 Å². The van der Waals surface area contributed by atoms with Crippen molar-refractivity contribution in [2.75, 3.05) is 19.8 Å². The molecule has 54 heavy (non-hydrogen) atoms. The minimum absolute atomic E-state index is 0.0253. The van der Waals surface area contributed by atoms with Crippen LogP contribution >= 0.6 is 0 Å². The third kappa shape index (κ3) is 32.2. The minimum atomic E-state index is -0.946. The molecule has 0 saturated carbocycles. The monoisotopic (exact) mass is 767 g/mol. The molecule has 0 heterocycles. The van der Waals surface area contributed by atoms with E-state index in [2.05, 4.69) is 27.7 Å². The second-order valence-electron chi connectivity index (χ2n) is 16.3. The molecule has 0 aliphatic rings. The van der Waals surface area contributed by atoms with Crippen molar-refractivity contribution in [2.24, 2.45) is 11.8 Å². The molecule has 0 aromatic carbocycles. The van der Waals surface area contributed by atoms with Gasteiger partial charge in [0.25, 0.3) is 0 Å². The molecule has 0 saturated heterocycles. The summed E-state index contributed by atoms with van der Waals surface area (Å²) in [5, 5.41) is 0. The molecule has 0 rings (SSSR count). The molecule has 2 unspecified atom stereocenters. The summed E-state index contributed by atoms with van der Waals surface area (Å²) in [6.45, 7) is 12.9. The molecule has 0 aliphatic heterocycles. The Balaban J connectivity index is 4.32. The van der Waals surface area contributed by atoms with Gasteiger partial charge in [0.15, 0.2) is 0 Å². The molecule has 8 heteroatoms. The number of carbonyl (C=O) groups excluding carboxylic acids is 4. The fraction of sp³-hybridized carbons (Fsp3) is 0.913. The Labute approximate surface area is 332 Å². The minimum Gasteiger partial charge on any atom is -0.465 e. The SMILES string of the molecule is CCCCCCCCC(CCCCCC)C(=O)OCCCCC(=O)OCC(C)(C)OC(=O)CCCCOC(=O)C(CCCCCC)CCCCCCCC. The van der Waals surface area contributed by atoms with Crippen molar-refractivity contribution in [1.82, 2.24) is 0 Å². The number of carbonyl (C=O) groups is 4. The van der Waals surface area contributed by atoms with E-state index in [1.165, 1.54) is 89.9 Å². The maximum absolute atomic E-state index is 12.9. The van der Waals surface area contributed by atoms with E-state index in [0.29, 0.717) is 38.9 Å². The van der Waals surface area contributed by atoms with Gasteiger partial charge in [0, 0.05) is 12.8 Å². The number of esters is 4. The fourth-order valence-electron chi connectivity index (χ4n) is 6.78. The third-order valence-corrected chi connectivity index (χ3v) is 10.3. The summed E-state index contributed by atoms with van der Waals surface area (Å²) in [6, 6.07) is 0. The molecular formula is C46H86O8. The molecule has 2 atom stereocenters. The zero-order valence-corrected chi connectivity index (χ0v) is 36.3. The predicted molar refractivity (Wildman–Crippen MR) is 221 cm³/mol. The Morgan fingerprint density at radius 1 is 0.407 bits per heavy atom. The third-order valence-electron chi connectivity index (χ3n) is 10.3. The van der Waals surface area contributed by atoms with Crippen molar-refractivity contribution >= 4 is 23.9 Å². The zero-order chi connectivity index (χ0) is 40.1. The van der Waals surface area contributed by atoms with Gasteiger partial charge in [-0.15, -0.1) is 0 Å². The number of hydrogen-bond donors (Lipinski definition) is 0. The lowest BCUT2D eigenvalue weighted by Crippen LogP contribution is -2.34. The van der Waals surface area contributed by atoms with Crippen molar-refractivity contribution in [2.45, 2.75) is 240 Å². The standard InChI is InChI=1S/C46H86O8/c1-7-11-15-19-21-25-33-40(31-23-17-13-9-3)44(49)51-37-29-27-35-42(47)53-39-46(5,6)54-43(48)36-28-30-38-52-45(50)41(32-24-18-14-10-4)34-26-22-20-16-12-8-2/h40-41H,7-39H2,1-6H3. The van der Waals surface area contributed by atoms with Crippen LogP contribution in [0.4, 0.5) is 0 Å². The number of ether oxygens (including phenoxy) is 4. The number of hydrogen-bond acceptors (Lipinski definition) is 8. The highest BCUT2D eigenvalue weighted by Crippen LogP contribution is 2.22. The number of unbranched alkanes of at least 4 members (excludes halogenated alkanes) is 18. The lowest BCUT2D eigenvalue weighted by molar-refractivity contribution is -0.168. The van der Waals surface area contributed by atoms with E-state index in [-0.39, 0.29) is 55.2 Å². The van der Waals surface area contributed by atoms with Crippen LogP contribution in [-0.4, -0.2) is 49.3 Å². The molecule has 0 N–H and O–H groups in total. The maximum atomic E-state index is 12.9. The van der Waals surface area contributed by atoms with Gasteiger partial charge >= 0.3 is 23.9 Å². The van der Waals surface area contributed by atoms with Gasteiger partial charge in [0.05, 0.1) is 25.0 Å². The largest absolute Gasteiger partial charge is 0.465 e. The van der Waals surface area contributed by atoms with Gasteiger partial charge in [-0.3, -0.25) is 19.2 Å². The van der Waals surface area contributed by atoms with Crippen LogP contribution < -0.4 is 0 Å². The molecule has 0 bridgehead atoms. The zero-order valence-electron chi connectivity index (χ0n) is 36.3. The fourth-order valence-corrected chi connectivity index (χ4v) is 6.78. The Morgan fingerprint density at radius 2 is 0.741 bits per heavy atom. The molecule has 318 valence electrons. The first-order valence-corrected chi connectivity index (χ1v) is 22.8. The molecule has 0 aliphatic carbocycles. The van der Waals surface area contributed by atoms with Gasteiger partial charge in [-0.2, -0.15) is 0 Å². The van der Waals surface area contributed by atoms with Gasteiger partial charge in [0.1, 0.15) is 12.2 Å². The lowest BCUT2D eigenvalue weighted by atomic mass is 9.94. The Bertz CT molecular complexity index is 916. The first-order valence-electron chi connectivity index (χ1n) is 22.8. The normalized spacial score (nSPS) is 12.6. The van der Waals surface area contributed by atoms with E-state index in [1.54, 1.807) is 13.8 Å². The maximum Gasteiger partial charge on any atom is 0.308 e. The summed E-state index contributed by atoms with van der Waals surface area (Å²) < 4.78 is 22.3. The van der Waals surface area contributed by atoms with Gasteiger partial charge < -0.3 is 18.9 Å². The molecular weight excluding hydrogens is 680 g/mol. The van der Waals surface area contributed by atoms with Gasteiger partial charge in [-0.25, -0.2) is 0 Å². The van der Waals surface area contributed by atoms with Crippen LogP contribution in [-0.2, 0) is 38.1 Å². The summed E-state index contributed by atoms with van der Waals surface area (Å²) >= 11 is 0. The van der Waals surface area contributed by atoms with Crippen LogP contribution in [0, 0.1) is 11.8 Å². The second kappa shape index (κ2) is 36.5. The van der Waals surface area contributed by atoms with Crippen LogP contribution in [0.2, 0.25) is 0 Å². The van der Waals surface area contributed by atoms with Crippen LogP contribution in [0.1, 0.15) is 234 Å². The van der Waals surface area contributed by atoms with Crippen LogP contribution in [0.5, 0.6) is 0 Å². The van der Waals surface area contributed by atoms with Crippen molar-refractivity contribution in [3.8, 4) is 0 Å². The summed E-state index contributed by atoms with van der Waals surface area (Å²) in [6.07, 6.45) is 30.1. The highest BCUT2D eigenvalue weighted by Gasteiger charge is 2.25. The van der Waals surface area contributed by atoms with E-state index in [4.69, 9.17) is 18.9 Å². The Hall–Kier alpha value is -2.12. The molecule has 0 fully saturated rings. The smallest absolute Gasteiger partial charge is 0.308 e. The van der Waals surface area contributed by atoms with Crippen molar-refractivity contribution in [1.29, 1.82) is 0 Å². The molecule has 0 radical (unpaired) electrons. The predicted octanol–water partition coefficient (Wildman–Crippen LogP) is 13.0. The summed E-state index contributed by atoms with van der Waals surface area (Å²) in [7, 11) is 0. The first-order chi connectivity index (χ1) is 26.1. The Morgan fingerprint density at radius 3 is 1.13 bits per heavy atom. The van der Waals surface area contributed by atoms with E-state index >= 15 is 0 Å². The van der Waals surface area contributed by atoms with Crippen LogP contribution in [0.25, 0.3) is 0 Å². The van der Waals surface area contributed by atoms with Crippen molar-refractivity contribution < 1.29 is 38.1 Å². The highest BCUT2D eigenvalue weighted by molar-refractivity contribution is 5.73. The van der Waals surface area contributed by atoms with Crippen LogP contribution in [0.3, 0.4) is 0 Å². The first kappa shape index (κ1) is 51.9. The molecule has 0 aromatic rings. The van der Waals surface area contributed by atoms with Crippen molar-refractivity contribution in [3.05, 3.63) is 0 Å². The van der Waals surface area contributed by atoms with E-state index in [1.807, 2.05) is 0 Å². The number of rotatable bonds is 39. The molecule has 0 aromatic heterocycles. The molecule has 0 amide bonds. The van der Waals surface area contributed by atoms with Crippen LogP contribution in [0.15, 0.2) is 0 Å². The summed E-state index contributed by atoms with van der Waals surface area (Å²) in [5.41, 5.74) is -0.946. The topological polar surface area (TPSA) is 105 Å². The Kier molecular flexibility index (Phi) is 35.1.